The summed E-state index contributed by atoms with van der Waals surface area (Å²) < 4.78 is 6.94. The summed E-state index contributed by atoms with van der Waals surface area (Å²) in [5.41, 5.74) is 0. The van der Waals surface area contributed by atoms with Crippen molar-refractivity contribution < 1.29 is 9.22 Å². The number of carbonyl (C=O) groups excluding carboxylic acids is 1. The zero-order valence-electron chi connectivity index (χ0n) is 17.4. The Morgan fingerprint density at radius 1 is 0.963 bits per heavy atom. The summed E-state index contributed by atoms with van der Waals surface area (Å²) in [4.78, 5) is 11.2. The second-order valence-corrected chi connectivity index (χ2v) is 12.9. The molecule has 146 valence electrons. The smallest absolute Gasteiger partial charge is 0.261 e. The fraction of sp³-hybridized carbons (Fsp3) is 0.458. The van der Waals surface area contributed by atoms with E-state index >= 15 is 0 Å². The van der Waals surface area contributed by atoms with Gasteiger partial charge in [-0.2, -0.15) is 0 Å². The van der Waals surface area contributed by atoms with Crippen LogP contribution in [0.1, 0.15) is 47.5 Å². The van der Waals surface area contributed by atoms with Crippen molar-refractivity contribution in [3.8, 4) is 0 Å². The van der Waals surface area contributed by atoms with E-state index in [2.05, 4.69) is 95.3 Å². The molecule has 0 aliphatic carbocycles. The topological polar surface area (TPSA) is 26.3 Å². The summed E-state index contributed by atoms with van der Waals surface area (Å²) in [6, 6.07) is 21.4. The van der Waals surface area contributed by atoms with E-state index in [1.165, 1.54) is 10.4 Å². The average Bonchev–Trinajstić information content (AvgIpc) is 2.67. The van der Waals surface area contributed by atoms with Crippen LogP contribution in [0.25, 0.3) is 0 Å². The highest BCUT2D eigenvalue weighted by molar-refractivity contribution is 6.99. The molecule has 3 heteroatoms. The number of aldehydes is 1. The predicted octanol–water partition coefficient (Wildman–Crippen LogP) is 4.81. The van der Waals surface area contributed by atoms with E-state index in [9.17, 15) is 4.79 Å². The summed E-state index contributed by atoms with van der Waals surface area (Å²) in [6.45, 7) is 11.8. The van der Waals surface area contributed by atoms with Gasteiger partial charge in [-0.05, 0) is 34.2 Å². The molecule has 0 N–H and O–H groups in total. The quantitative estimate of drug-likeness (QED) is 0.459. The molecular weight excluding hydrogens is 348 g/mol. The van der Waals surface area contributed by atoms with Crippen LogP contribution in [-0.2, 0) is 9.22 Å². The molecule has 2 atom stereocenters. The molecule has 0 spiro atoms. The van der Waals surface area contributed by atoms with Crippen molar-refractivity contribution in [3.05, 3.63) is 60.7 Å². The molecular formula is C24H34O2Si. The second kappa shape index (κ2) is 9.47. The first-order valence-electron chi connectivity index (χ1n) is 10.1. The highest BCUT2D eigenvalue weighted by Gasteiger charge is 2.50. The molecule has 2 nitrogen and oxygen atoms in total. The molecule has 0 unspecified atom stereocenters. The molecule has 0 heterocycles. The first-order valence-corrected chi connectivity index (χ1v) is 12.0. The fourth-order valence-electron chi connectivity index (χ4n) is 3.93. The summed E-state index contributed by atoms with van der Waals surface area (Å²) in [7, 11) is -2.47. The molecule has 0 amide bonds. The van der Waals surface area contributed by atoms with E-state index in [0.29, 0.717) is 12.5 Å². The summed E-state index contributed by atoms with van der Waals surface area (Å²) in [6.07, 6.45) is 2.88. The van der Waals surface area contributed by atoms with Crippen LogP contribution >= 0.6 is 0 Å². The lowest BCUT2D eigenvalue weighted by Crippen LogP contribution is -2.66. The lowest BCUT2D eigenvalue weighted by molar-refractivity contribution is -0.111. The Hall–Kier alpha value is -1.71. The molecule has 0 aliphatic heterocycles. The summed E-state index contributed by atoms with van der Waals surface area (Å²) >= 11 is 0. The Bertz CT molecular complexity index is 652. The van der Waals surface area contributed by atoms with Crippen molar-refractivity contribution in [1.29, 1.82) is 0 Å². The molecule has 2 aromatic rings. The van der Waals surface area contributed by atoms with Crippen LogP contribution in [0.2, 0.25) is 5.04 Å². The number of rotatable bonds is 9. The number of carbonyl (C=O) groups is 1. The van der Waals surface area contributed by atoms with E-state index in [0.717, 1.165) is 19.1 Å². The molecule has 0 aliphatic rings. The third kappa shape index (κ3) is 4.97. The Labute approximate surface area is 166 Å². The molecule has 2 aromatic carbocycles. The molecule has 0 saturated carbocycles. The second-order valence-electron chi connectivity index (χ2n) is 8.62. The molecule has 27 heavy (non-hydrogen) atoms. The zero-order valence-corrected chi connectivity index (χ0v) is 18.4. The van der Waals surface area contributed by atoms with Gasteiger partial charge < -0.3 is 9.22 Å². The SMILES string of the molecule is CC[C@@H](C=O)C[C@H](C)CO[Si](c1ccccc1)(c1ccccc1)C(C)(C)C. The van der Waals surface area contributed by atoms with Crippen molar-refractivity contribution in [2.75, 3.05) is 6.61 Å². The van der Waals surface area contributed by atoms with Crippen LogP contribution in [0.4, 0.5) is 0 Å². The minimum absolute atomic E-state index is 0.00968. The van der Waals surface area contributed by atoms with E-state index in [1.54, 1.807) is 0 Å². The van der Waals surface area contributed by atoms with Crippen LogP contribution in [0, 0.1) is 11.8 Å². The van der Waals surface area contributed by atoms with E-state index < -0.39 is 8.32 Å². The summed E-state index contributed by atoms with van der Waals surface area (Å²) in [5.74, 6) is 0.476. The average molecular weight is 383 g/mol. The molecule has 0 bridgehead atoms. The van der Waals surface area contributed by atoms with Gasteiger partial charge in [-0.25, -0.2) is 0 Å². The maximum absolute atomic E-state index is 11.2. The normalized spacial score (nSPS) is 14.6. The predicted molar refractivity (Wildman–Crippen MR) is 117 cm³/mol. The van der Waals surface area contributed by atoms with Crippen molar-refractivity contribution in [2.45, 2.75) is 52.5 Å². The highest BCUT2D eigenvalue weighted by Crippen LogP contribution is 2.37. The van der Waals surface area contributed by atoms with Gasteiger partial charge in [-0.15, -0.1) is 0 Å². The third-order valence-electron chi connectivity index (χ3n) is 5.42. The van der Waals surface area contributed by atoms with Crippen LogP contribution in [0.3, 0.4) is 0 Å². The Morgan fingerprint density at radius 3 is 1.81 bits per heavy atom. The van der Waals surface area contributed by atoms with Crippen LogP contribution in [0.15, 0.2) is 60.7 Å². The Morgan fingerprint density at radius 2 is 1.44 bits per heavy atom. The maximum Gasteiger partial charge on any atom is 0.261 e. The molecule has 0 fully saturated rings. The van der Waals surface area contributed by atoms with Gasteiger partial charge in [-0.3, -0.25) is 0 Å². The van der Waals surface area contributed by atoms with Gasteiger partial charge in [0.05, 0.1) is 0 Å². The number of hydrogen-bond donors (Lipinski definition) is 0. The van der Waals surface area contributed by atoms with Gasteiger partial charge in [0.1, 0.15) is 6.29 Å². The van der Waals surface area contributed by atoms with Crippen LogP contribution in [0.5, 0.6) is 0 Å². The number of benzene rings is 2. The first kappa shape index (κ1) is 21.6. The first-order chi connectivity index (χ1) is 12.8. The van der Waals surface area contributed by atoms with Crippen LogP contribution < -0.4 is 10.4 Å². The van der Waals surface area contributed by atoms with Crippen molar-refractivity contribution >= 4 is 25.0 Å². The van der Waals surface area contributed by atoms with Gasteiger partial charge >= 0.3 is 0 Å². The zero-order chi connectivity index (χ0) is 19.9. The van der Waals surface area contributed by atoms with Gasteiger partial charge in [0.15, 0.2) is 0 Å². The molecule has 0 saturated heterocycles. The lowest BCUT2D eigenvalue weighted by atomic mass is 9.96. The van der Waals surface area contributed by atoms with Gasteiger partial charge in [0.2, 0.25) is 0 Å². The van der Waals surface area contributed by atoms with E-state index in [1.807, 2.05) is 0 Å². The minimum atomic E-state index is -2.47. The number of hydrogen-bond acceptors (Lipinski definition) is 2. The molecule has 2 rings (SSSR count). The monoisotopic (exact) mass is 382 g/mol. The fourth-order valence-corrected chi connectivity index (χ4v) is 8.62. The summed E-state index contributed by atoms with van der Waals surface area (Å²) in [5, 5.41) is 2.60. The molecule has 0 radical (unpaired) electrons. The Kier molecular flexibility index (Phi) is 7.57. The van der Waals surface area contributed by atoms with E-state index in [4.69, 9.17) is 4.43 Å². The van der Waals surface area contributed by atoms with Gasteiger partial charge in [-0.1, -0.05) is 95.3 Å². The molecule has 0 aromatic heterocycles. The maximum atomic E-state index is 11.2. The van der Waals surface area contributed by atoms with Crippen molar-refractivity contribution in [3.63, 3.8) is 0 Å². The van der Waals surface area contributed by atoms with Crippen molar-refractivity contribution in [2.24, 2.45) is 11.8 Å². The van der Waals surface area contributed by atoms with Crippen LogP contribution in [-0.4, -0.2) is 21.2 Å². The largest absolute Gasteiger partial charge is 0.407 e. The van der Waals surface area contributed by atoms with Gasteiger partial charge in [0, 0.05) is 12.5 Å². The van der Waals surface area contributed by atoms with Gasteiger partial charge in [0.25, 0.3) is 8.32 Å². The minimum Gasteiger partial charge on any atom is -0.407 e. The van der Waals surface area contributed by atoms with Crippen molar-refractivity contribution in [1.82, 2.24) is 0 Å². The lowest BCUT2D eigenvalue weighted by Gasteiger charge is -2.43. The van der Waals surface area contributed by atoms with E-state index in [-0.39, 0.29) is 11.0 Å². The standard InChI is InChI=1S/C24H34O2Si/c1-6-21(18-25)17-20(2)19-26-27(24(3,4)5,22-13-9-7-10-14-22)23-15-11-8-12-16-23/h7-16,18,20-21H,6,17,19H2,1-5H3/t20-,21+/m0/s1. The Balaban J connectivity index is 2.42. The third-order valence-corrected chi connectivity index (χ3v) is 10.4. The highest BCUT2D eigenvalue weighted by atomic mass is 28.4.